The molecule has 2 N–H and O–H groups in total. The summed E-state index contributed by atoms with van der Waals surface area (Å²) < 4.78 is 6.50. The van der Waals surface area contributed by atoms with Gasteiger partial charge >= 0.3 is 5.76 Å². The van der Waals surface area contributed by atoms with E-state index in [4.69, 9.17) is 4.42 Å². The van der Waals surface area contributed by atoms with Gasteiger partial charge in [0, 0.05) is 13.2 Å². The van der Waals surface area contributed by atoms with Crippen LogP contribution in [0.5, 0.6) is 5.88 Å². The zero-order chi connectivity index (χ0) is 9.42. The van der Waals surface area contributed by atoms with E-state index in [1.54, 1.807) is 29.9 Å². The van der Waals surface area contributed by atoms with Crippen LogP contribution < -0.4 is 5.76 Å². The van der Waals surface area contributed by atoms with Gasteiger partial charge in [0.05, 0.1) is 5.69 Å². The van der Waals surface area contributed by atoms with Crippen molar-refractivity contribution < 1.29 is 9.52 Å². The molecule has 0 aliphatic heterocycles. The predicted octanol–water partition coefficient (Wildman–Crippen LogP) is 0.679. The minimum atomic E-state index is -0.659. The van der Waals surface area contributed by atoms with E-state index >= 15 is 0 Å². The van der Waals surface area contributed by atoms with Crippen molar-refractivity contribution in [1.82, 2.24) is 9.55 Å². The van der Waals surface area contributed by atoms with Crippen molar-refractivity contribution in [2.24, 2.45) is 7.05 Å². The van der Waals surface area contributed by atoms with Crippen LogP contribution in [0.1, 0.15) is 0 Å². The maximum atomic E-state index is 10.7. The molecular weight excluding hydrogens is 172 g/mol. The fourth-order valence-corrected chi connectivity index (χ4v) is 1.19. The zero-order valence-corrected chi connectivity index (χ0v) is 6.94. The van der Waals surface area contributed by atoms with Crippen molar-refractivity contribution in [2.75, 3.05) is 0 Å². The molecule has 2 aromatic heterocycles. The molecule has 13 heavy (non-hydrogen) atoms. The minimum Gasteiger partial charge on any atom is -0.492 e. The van der Waals surface area contributed by atoms with E-state index in [0.717, 1.165) is 0 Å². The summed E-state index contributed by atoms with van der Waals surface area (Å²) in [4.78, 5) is 12.9. The molecule has 0 radical (unpaired) electrons. The SMILES string of the molecule is Cn1cccc1-c1oc(=O)[nH]c1O. The molecule has 2 aromatic rings. The van der Waals surface area contributed by atoms with Crippen LogP contribution in [0, 0.1) is 0 Å². The highest BCUT2D eigenvalue weighted by atomic mass is 16.4. The van der Waals surface area contributed by atoms with Crippen LogP contribution in [0.2, 0.25) is 0 Å². The van der Waals surface area contributed by atoms with Gasteiger partial charge in [-0.15, -0.1) is 0 Å². The Bertz CT molecular complexity index is 478. The number of aromatic hydroxyl groups is 1. The molecule has 5 nitrogen and oxygen atoms in total. The fourth-order valence-electron chi connectivity index (χ4n) is 1.19. The van der Waals surface area contributed by atoms with Crippen LogP contribution in [0.3, 0.4) is 0 Å². The molecule has 0 aromatic carbocycles. The average molecular weight is 180 g/mol. The lowest BCUT2D eigenvalue weighted by molar-refractivity contribution is 0.451. The number of aryl methyl sites for hydroxylation is 1. The lowest BCUT2D eigenvalue weighted by Gasteiger charge is -1.97. The van der Waals surface area contributed by atoms with Crippen molar-refractivity contribution in [3.05, 3.63) is 28.9 Å². The van der Waals surface area contributed by atoms with Gasteiger partial charge in [0.2, 0.25) is 11.6 Å². The minimum absolute atomic E-state index is 0.164. The third-order valence-electron chi connectivity index (χ3n) is 1.81. The Hall–Kier alpha value is -1.91. The summed E-state index contributed by atoms with van der Waals surface area (Å²) in [6.07, 6.45) is 1.79. The van der Waals surface area contributed by atoms with Crippen molar-refractivity contribution in [3.63, 3.8) is 0 Å². The smallest absolute Gasteiger partial charge is 0.419 e. The number of rotatable bonds is 1. The summed E-state index contributed by atoms with van der Waals surface area (Å²) in [7, 11) is 1.79. The summed E-state index contributed by atoms with van der Waals surface area (Å²) in [6.45, 7) is 0. The number of aromatic amines is 1. The van der Waals surface area contributed by atoms with Crippen LogP contribution >= 0.6 is 0 Å². The topological polar surface area (TPSA) is 71.2 Å². The first-order chi connectivity index (χ1) is 6.18. The molecule has 0 fully saturated rings. The number of hydrogen-bond acceptors (Lipinski definition) is 3. The van der Waals surface area contributed by atoms with Gasteiger partial charge in [-0.1, -0.05) is 0 Å². The Morgan fingerprint density at radius 3 is 2.85 bits per heavy atom. The Morgan fingerprint density at radius 1 is 1.62 bits per heavy atom. The summed E-state index contributed by atoms with van der Waals surface area (Å²) in [5.41, 5.74) is 0.649. The summed E-state index contributed by atoms with van der Waals surface area (Å²) in [5, 5.41) is 9.26. The monoisotopic (exact) mass is 180 g/mol. The van der Waals surface area contributed by atoms with E-state index in [9.17, 15) is 9.90 Å². The molecule has 0 bridgehead atoms. The first kappa shape index (κ1) is 7.72. The molecule has 2 heterocycles. The Balaban J connectivity index is 2.65. The average Bonchev–Trinajstić information content (AvgIpc) is 2.58. The van der Waals surface area contributed by atoms with Gasteiger partial charge in [-0.3, -0.25) is 4.98 Å². The van der Waals surface area contributed by atoms with Gasteiger partial charge < -0.3 is 14.1 Å². The fraction of sp³-hybridized carbons (Fsp3) is 0.125. The number of hydrogen-bond donors (Lipinski definition) is 2. The highest BCUT2D eigenvalue weighted by molar-refractivity contribution is 5.58. The van der Waals surface area contributed by atoms with Gasteiger partial charge in [0.1, 0.15) is 0 Å². The van der Waals surface area contributed by atoms with Crippen LogP contribution in [0.15, 0.2) is 27.5 Å². The van der Waals surface area contributed by atoms with Crippen LogP contribution in [-0.2, 0) is 7.05 Å². The zero-order valence-electron chi connectivity index (χ0n) is 6.94. The normalized spacial score (nSPS) is 10.5. The molecule has 0 spiro atoms. The number of aromatic nitrogens is 2. The van der Waals surface area contributed by atoms with Crippen LogP contribution in [0.25, 0.3) is 11.5 Å². The molecule has 5 heteroatoms. The van der Waals surface area contributed by atoms with E-state index in [1.807, 2.05) is 0 Å². The van der Waals surface area contributed by atoms with E-state index in [1.165, 1.54) is 0 Å². The number of oxazole rings is 1. The summed E-state index contributed by atoms with van der Waals surface area (Å²) in [6, 6.07) is 3.54. The molecule has 0 aliphatic carbocycles. The van der Waals surface area contributed by atoms with E-state index in [0.29, 0.717) is 5.69 Å². The van der Waals surface area contributed by atoms with Gasteiger partial charge in [-0.2, -0.15) is 0 Å². The van der Waals surface area contributed by atoms with Gasteiger partial charge in [0.25, 0.3) is 0 Å². The predicted molar refractivity (Wildman–Crippen MR) is 45.4 cm³/mol. The molecule has 0 aliphatic rings. The van der Waals surface area contributed by atoms with Crippen molar-refractivity contribution in [1.29, 1.82) is 0 Å². The highest BCUT2D eigenvalue weighted by Crippen LogP contribution is 2.25. The first-order valence-electron chi connectivity index (χ1n) is 3.72. The number of nitrogens with zero attached hydrogens (tertiary/aromatic N) is 1. The van der Waals surface area contributed by atoms with Gasteiger partial charge in [-0.05, 0) is 12.1 Å². The lowest BCUT2D eigenvalue weighted by Crippen LogP contribution is -1.93. The first-order valence-corrected chi connectivity index (χ1v) is 3.72. The quantitative estimate of drug-likeness (QED) is 0.677. The largest absolute Gasteiger partial charge is 0.492 e. The second-order valence-electron chi connectivity index (χ2n) is 2.70. The second kappa shape index (κ2) is 2.55. The standard InChI is InChI=1S/C8H8N2O3/c1-10-4-2-3-5(10)6-7(11)9-8(12)13-6/h2-4,11H,1H3,(H,9,12). The van der Waals surface area contributed by atoms with Gasteiger partial charge in [-0.25, -0.2) is 4.79 Å². The van der Waals surface area contributed by atoms with E-state index in [-0.39, 0.29) is 11.6 Å². The van der Waals surface area contributed by atoms with Crippen molar-refractivity contribution in [2.45, 2.75) is 0 Å². The molecule has 0 amide bonds. The summed E-state index contributed by atoms with van der Waals surface area (Å²) in [5.74, 6) is -0.738. The molecule has 0 saturated heterocycles. The molecule has 0 saturated carbocycles. The summed E-state index contributed by atoms with van der Waals surface area (Å²) >= 11 is 0. The lowest BCUT2D eigenvalue weighted by atomic mass is 10.3. The second-order valence-corrected chi connectivity index (χ2v) is 2.70. The maximum Gasteiger partial charge on any atom is 0.419 e. The third-order valence-corrected chi connectivity index (χ3v) is 1.81. The Labute approximate surface area is 73.2 Å². The van der Waals surface area contributed by atoms with Gasteiger partial charge in [0.15, 0.2) is 0 Å². The van der Waals surface area contributed by atoms with Crippen molar-refractivity contribution in [3.8, 4) is 17.3 Å². The molecule has 68 valence electrons. The number of H-pyrrole nitrogens is 1. The van der Waals surface area contributed by atoms with Crippen LogP contribution in [-0.4, -0.2) is 14.7 Å². The third kappa shape index (κ3) is 1.14. The number of nitrogens with one attached hydrogen (secondary N) is 1. The van der Waals surface area contributed by atoms with Crippen molar-refractivity contribution >= 4 is 0 Å². The highest BCUT2D eigenvalue weighted by Gasteiger charge is 2.12. The molecular formula is C8H8N2O3. The maximum absolute atomic E-state index is 10.7. The van der Waals surface area contributed by atoms with E-state index in [2.05, 4.69) is 4.98 Å². The Morgan fingerprint density at radius 2 is 2.38 bits per heavy atom. The molecule has 2 rings (SSSR count). The Kier molecular flexibility index (Phi) is 1.51. The molecule has 0 atom stereocenters. The molecule has 0 unspecified atom stereocenters. The van der Waals surface area contributed by atoms with E-state index < -0.39 is 5.76 Å². The van der Waals surface area contributed by atoms with Crippen LogP contribution in [0.4, 0.5) is 0 Å².